The van der Waals surface area contributed by atoms with E-state index in [4.69, 9.17) is 0 Å². The van der Waals surface area contributed by atoms with Crippen LogP contribution in [0, 0.1) is 6.92 Å². The fraction of sp³-hybridized carbons (Fsp3) is 0.278. The summed E-state index contributed by atoms with van der Waals surface area (Å²) in [7, 11) is 1.87. The van der Waals surface area contributed by atoms with Crippen LogP contribution in [0.1, 0.15) is 23.9 Å². The standard InChI is InChI=1S/C18H18F3N5/c1-4-14-17(11(2)26(3)25-14)15-9-22-10-16(24-15)23-13-7-5-12(6-8-13)18(19,20)21/h5-10H,4H2,1-3H3,(H,23,24). The molecule has 3 aromatic rings. The Bertz CT molecular complexity index is 914. The van der Waals surface area contributed by atoms with Gasteiger partial charge in [-0.05, 0) is 37.6 Å². The van der Waals surface area contributed by atoms with Gasteiger partial charge in [0, 0.05) is 24.0 Å². The SMILES string of the molecule is CCc1nn(C)c(C)c1-c1cncc(Nc2ccc(C(F)(F)F)cc2)n1. The minimum absolute atomic E-state index is 0.451. The Kier molecular flexibility index (Phi) is 4.67. The molecule has 1 N–H and O–H groups in total. The molecular formula is C18H18F3N5. The van der Waals surface area contributed by atoms with E-state index in [1.807, 2.05) is 20.9 Å². The van der Waals surface area contributed by atoms with E-state index in [0.29, 0.717) is 17.2 Å². The smallest absolute Gasteiger partial charge is 0.339 e. The summed E-state index contributed by atoms with van der Waals surface area (Å²) in [5.74, 6) is 0.451. The van der Waals surface area contributed by atoms with E-state index in [1.165, 1.54) is 18.3 Å². The molecule has 0 atom stereocenters. The third-order valence-corrected chi connectivity index (χ3v) is 4.12. The third-order valence-electron chi connectivity index (χ3n) is 4.12. The zero-order valence-corrected chi connectivity index (χ0v) is 14.6. The van der Waals surface area contributed by atoms with E-state index in [1.54, 1.807) is 10.9 Å². The number of benzene rings is 1. The van der Waals surface area contributed by atoms with Gasteiger partial charge in [-0.25, -0.2) is 4.98 Å². The van der Waals surface area contributed by atoms with Crippen molar-refractivity contribution in [1.82, 2.24) is 19.7 Å². The van der Waals surface area contributed by atoms with Crippen molar-refractivity contribution in [1.29, 1.82) is 0 Å². The van der Waals surface area contributed by atoms with Crippen molar-refractivity contribution >= 4 is 11.5 Å². The summed E-state index contributed by atoms with van der Waals surface area (Å²) in [6, 6.07) is 4.79. The van der Waals surface area contributed by atoms with E-state index < -0.39 is 11.7 Å². The molecule has 136 valence electrons. The maximum absolute atomic E-state index is 12.6. The fourth-order valence-electron chi connectivity index (χ4n) is 2.69. The average Bonchev–Trinajstić information content (AvgIpc) is 2.89. The molecule has 0 aliphatic rings. The number of halogens is 3. The molecule has 2 heterocycles. The molecule has 8 heteroatoms. The lowest BCUT2D eigenvalue weighted by atomic mass is 10.1. The molecule has 0 aliphatic heterocycles. The van der Waals surface area contributed by atoms with Crippen LogP contribution < -0.4 is 5.32 Å². The lowest BCUT2D eigenvalue weighted by Crippen LogP contribution is -2.04. The van der Waals surface area contributed by atoms with Gasteiger partial charge in [0.2, 0.25) is 0 Å². The number of anilines is 2. The maximum atomic E-state index is 12.6. The topological polar surface area (TPSA) is 55.6 Å². The Morgan fingerprint density at radius 2 is 1.81 bits per heavy atom. The van der Waals surface area contributed by atoms with Crippen molar-refractivity contribution < 1.29 is 13.2 Å². The molecular weight excluding hydrogens is 343 g/mol. The molecule has 0 radical (unpaired) electrons. The van der Waals surface area contributed by atoms with E-state index in [-0.39, 0.29) is 0 Å². The van der Waals surface area contributed by atoms with Gasteiger partial charge in [-0.3, -0.25) is 9.67 Å². The van der Waals surface area contributed by atoms with Gasteiger partial charge < -0.3 is 5.32 Å². The molecule has 2 aromatic heterocycles. The Balaban J connectivity index is 1.89. The predicted octanol–water partition coefficient (Wildman–Crippen LogP) is 4.51. The van der Waals surface area contributed by atoms with E-state index >= 15 is 0 Å². The number of rotatable bonds is 4. The Hall–Kier alpha value is -2.90. The number of alkyl halides is 3. The average molecular weight is 361 g/mol. The lowest BCUT2D eigenvalue weighted by molar-refractivity contribution is -0.137. The summed E-state index contributed by atoms with van der Waals surface area (Å²) in [5.41, 5.74) is 3.31. The first-order valence-electron chi connectivity index (χ1n) is 8.08. The normalized spacial score (nSPS) is 11.6. The molecule has 0 fully saturated rings. The van der Waals surface area contributed by atoms with Crippen LogP contribution >= 0.6 is 0 Å². The Labute approximate surface area is 148 Å². The van der Waals surface area contributed by atoms with Crippen LogP contribution in [0.2, 0.25) is 0 Å². The Morgan fingerprint density at radius 3 is 2.42 bits per heavy atom. The highest BCUT2D eigenvalue weighted by atomic mass is 19.4. The zero-order chi connectivity index (χ0) is 18.9. The van der Waals surface area contributed by atoms with Crippen LogP contribution in [0.5, 0.6) is 0 Å². The van der Waals surface area contributed by atoms with Crippen molar-refractivity contribution in [2.24, 2.45) is 7.05 Å². The van der Waals surface area contributed by atoms with Gasteiger partial charge in [0.05, 0.1) is 29.3 Å². The van der Waals surface area contributed by atoms with Gasteiger partial charge >= 0.3 is 6.18 Å². The molecule has 0 amide bonds. The summed E-state index contributed by atoms with van der Waals surface area (Å²) < 4.78 is 39.7. The predicted molar refractivity (Wildman–Crippen MR) is 93.1 cm³/mol. The summed E-state index contributed by atoms with van der Waals surface area (Å²) in [6.45, 7) is 3.97. The number of nitrogens with zero attached hydrogens (tertiary/aromatic N) is 4. The molecule has 0 bridgehead atoms. The number of hydrogen-bond donors (Lipinski definition) is 1. The van der Waals surface area contributed by atoms with Gasteiger partial charge in [0.1, 0.15) is 5.82 Å². The van der Waals surface area contributed by atoms with Crippen molar-refractivity contribution in [3.8, 4) is 11.3 Å². The van der Waals surface area contributed by atoms with Crippen LogP contribution in [0.25, 0.3) is 11.3 Å². The first kappa shape index (κ1) is 17.9. The monoisotopic (exact) mass is 361 g/mol. The van der Waals surface area contributed by atoms with E-state index in [9.17, 15) is 13.2 Å². The fourth-order valence-corrected chi connectivity index (χ4v) is 2.69. The van der Waals surface area contributed by atoms with E-state index in [0.717, 1.165) is 35.5 Å². The lowest BCUT2D eigenvalue weighted by Gasteiger charge is -2.10. The second-order valence-corrected chi connectivity index (χ2v) is 5.87. The minimum Gasteiger partial charge on any atom is -0.339 e. The van der Waals surface area contributed by atoms with Crippen LogP contribution in [-0.4, -0.2) is 19.7 Å². The van der Waals surface area contributed by atoms with Crippen LogP contribution in [0.3, 0.4) is 0 Å². The minimum atomic E-state index is -4.35. The van der Waals surface area contributed by atoms with Crippen molar-refractivity contribution in [2.45, 2.75) is 26.4 Å². The molecule has 0 spiro atoms. The van der Waals surface area contributed by atoms with Gasteiger partial charge in [0.15, 0.2) is 0 Å². The molecule has 3 rings (SSSR count). The summed E-state index contributed by atoms with van der Waals surface area (Å²) in [4.78, 5) is 8.74. The first-order valence-corrected chi connectivity index (χ1v) is 8.08. The first-order chi connectivity index (χ1) is 12.3. The highest BCUT2D eigenvalue weighted by Crippen LogP contribution is 2.31. The van der Waals surface area contributed by atoms with Crippen molar-refractivity contribution in [3.63, 3.8) is 0 Å². The zero-order valence-electron chi connectivity index (χ0n) is 14.6. The summed E-state index contributed by atoms with van der Waals surface area (Å²) in [5, 5.41) is 7.46. The van der Waals surface area contributed by atoms with Gasteiger partial charge in [-0.1, -0.05) is 6.92 Å². The number of nitrogens with one attached hydrogen (secondary N) is 1. The highest BCUT2D eigenvalue weighted by molar-refractivity contribution is 5.67. The number of hydrogen-bond acceptors (Lipinski definition) is 4. The largest absolute Gasteiger partial charge is 0.416 e. The van der Waals surface area contributed by atoms with Crippen molar-refractivity contribution in [2.75, 3.05) is 5.32 Å². The maximum Gasteiger partial charge on any atom is 0.416 e. The van der Waals surface area contributed by atoms with Crippen LogP contribution in [-0.2, 0) is 19.6 Å². The number of aryl methyl sites for hydroxylation is 2. The second-order valence-electron chi connectivity index (χ2n) is 5.87. The van der Waals surface area contributed by atoms with Crippen LogP contribution in [0.15, 0.2) is 36.7 Å². The molecule has 0 saturated carbocycles. The highest BCUT2D eigenvalue weighted by Gasteiger charge is 2.29. The molecule has 0 aliphatic carbocycles. The second kappa shape index (κ2) is 6.78. The van der Waals surface area contributed by atoms with Crippen molar-refractivity contribution in [3.05, 3.63) is 53.6 Å². The molecule has 0 saturated heterocycles. The Morgan fingerprint density at radius 1 is 1.12 bits per heavy atom. The molecule has 5 nitrogen and oxygen atoms in total. The number of aromatic nitrogens is 4. The molecule has 0 unspecified atom stereocenters. The third kappa shape index (κ3) is 3.54. The van der Waals surface area contributed by atoms with E-state index in [2.05, 4.69) is 20.4 Å². The van der Waals surface area contributed by atoms with Gasteiger partial charge in [-0.2, -0.15) is 18.3 Å². The summed E-state index contributed by atoms with van der Waals surface area (Å²) in [6.07, 6.45) is -0.415. The summed E-state index contributed by atoms with van der Waals surface area (Å²) >= 11 is 0. The quantitative estimate of drug-likeness (QED) is 0.743. The van der Waals surface area contributed by atoms with Gasteiger partial charge in [-0.15, -0.1) is 0 Å². The molecule has 26 heavy (non-hydrogen) atoms. The molecule has 1 aromatic carbocycles. The van der Waals surface area contributed by atoms with Gasteiger partial charge in [0.25, 0.3) is 0 Å². The van der Waals surface area contributed by atoms with Crippen LogP contribution in [0.4, 0.5) is 24.7 Å².